The smallest absolute Gasteiger partial charge is 0.260 e. The second kappa shape index (κ2) is 12.1. The number of nitrogens with one attached hydrogen (secondary N) is 1. The molecule has 7 heteroatoms. The molecule has 2 aliphatic carbocycles. The Morgan fingerprint density at radius 1 is 1.29 bits per heavy atom. The average Bonchev–Trinajstić information content (AvgIpc) is 3.76. The number of aromatic amines is 1. The number of aromatic hydroxyl groups is 1. The van der Waals surface area contributed by atoms with Crippen LogP contribution < -0.4 is 5.56 Å². The largest absolute Gasteiger partial charge is 0.508 e. The number of phenolic OH excluding ortho intramolecular Hbond substituents is 1. The number of rotatable bonds is 6. The van der Waals surface area contributed by atoms with Gasteiger partial charge in [0, 0.05) is 31.9 Å². The second-order valence-corrected chi connectivity index (χ2v) is 14.1. The molecular formula is C34H48ClN3O3. The first-order valence-corrected chi connectivity index (χ1v) is 16.1. The third-order valence-electron chi connectivity index (χ3n) is 10.8. The summed E-state index contributed by atoms with van der Waals surface area (Å²) in [5, 5.41) is 11.0. The van der Waals surface area contributed by atoms with E-state index in [4.69, 9.17) is 11.6 Å². The van der Waals surface area contributed by atoms with Crippen LogP contribution in [0.1, 0.15) is 94.1 Å². The summed E-state index contributed by atoms with van der Waals surface area (Å²) in [6, 6.07) is 7.91. The molecule has 3 aliphatic rings. The Hall–Kier alpha value is -2.31. The first-order chi connectivity index (χ1) is 19.5. The van der Waals surface area contributed by atoms with Crippen LogP contribution in [0.5, 0.6) is 5.75 Å². The van der Waals surface area contributed by atoms with Crippen molar-refractivity contribution in [3.05, 3.63) is 62.5 Å². The summed E-state index contributed by atoms with van der Waals surface area (Å²) in [4.78, 5) is 33.4. The number of aromatic nitrogens is 1. The Kier molecular flexibility index (Phi) is 8.92. The van der Waals surface area contributed by atoms with Crippen LogP contribution in [-0.2, 0) is 11.8 Å². The molecule has 6 atom stereocenters. The van der Waals surface area contributed by atoms with Gasteiger partial charge in [0.25, 0.3) is 11.5 Å². The molecule has 5 rings (SSSR count). The summed E-state index contributed by atoms with van der Waals surface area (Å²) in [7, 11) is 1.83. The van der Waals surface area contributed by atoms with Gasteiger partial charge in [0.05, 0.1) is 5.02 Å². The highest BCUT2D eigenvalue weighted by molar-refractivity contribution is 6.30. The van der Waals surface area contributed by atoms with Crippen molar-refractivity contribution in [3.8, 4) is 5.75 Å². The number of hydrogen-bond donors (Lipinski definition) is 2. The van der Waals surface area contributed by atoms with E-state index < -0.39 is 5.56 Å². The lowest BCUT2D eigenvalue weighted by atomic mass is 9.64. The first-order valence-electron chi connectivity index (χ1n) is 15.7. The van der Waals surface area contributed by atoms with Gasteiger partial charge in [-0.25, -0.2) is 0 Å². The van der Waals surface area contributed by atoms with E-state index in [1.54, 1.807) is 4.90 Å². The van der Waals surface area contributed by atoms with Crippen molar-refractivity contribution in [2.24, 2.45) is 23.7 Å². The normalized spacial score (nSPS) is 29.7. The van der Waals surface area contributed by atoms with Gasteiger partial charge in [-0.2, -0.15) is 0 Å². The maximum absolute atomic E-state index is 13.7. The Balaban J connectivity index is 1.56. The molecule has 2 bridgehead atoms. The molecular weight excluding hydrogens is 534 g/mol. The first kappa shape index (κ1) is 30.2. The van der Waals surface area contributed by atoms with E-state index in [-0.39, 0.29) is 28.8 Å². The number of phenols is 1. The number of H-pyrrole nitrogens is 1. The Morgan fingerprint density at radius 2 is 2.05 bits per heavy atom. The Labute approximate surface area is 250 Å². The number of benzene rings is 1. The van der Waals surface area contributed by atoms with Crippen LogP contribution in [0.3, 0.4) is 0 Å². The van der Waals surface area contributed by atoms with Crippen LogP contribution in [0.15, 0.2) is 35.3 Å². The van der Waals surface area contributed by atoms with Gasteiger partial charge in [-0.1, -0.05) is 44.9 Å². The maximum Gasteiger partial charge on any atom is 0.260 e. The van der Waals surface area contributed by atoms with E-state index in [9.17, 15) is 14.7 Å². The monoisotopic (exact) mass is 581 g/mol. The Bertz CT molecular complexity index is 1310. The van der Waals surface area contributed by atoms with E-state index in [0.29, 0.717) is 28.6 Å². The molecule has 1 aromatic heterocycles. The van der Waals surface area contributed by atoms with Crippen molar-refractivity contribution in [1.29, 1.82) is 0 Å². The molecule has 1 aromatic carbocycles. The molecule has 5 unspecified atom stereocenters. The summed E-state index contributed by atoms with van der Waals surface area (Å²) in [5.41, 5.74) is 2.17. The van der Waals surface area contributed by atoms with E-state index in [1.807, 2.05) is 19.2 Å². The minimum atomic E-state index is -0.415. The molecule has 1 saturated carbocycles. The quantitative estimate of drug-likeness (QED) is 0.401. The predicted molar refractivity (Wildman–Crippen MR) is 166 cm³/mol. The zero-order chi connectivity index (χ0) is 29.5. The third-order valence-corrected chi connectivity index (χ3v) is 11.0. The van der Waals surface area contributed by atoms with E-state index in [2.05, 4.69) is 43.6 Å². The Morgan fingerprint density at radius 3 is 2.76 bits per heavy atom. The zero-order valence-electron chi connectivity index (χ0n) is 25.5. The number of carbonyl (C=O) groups is 1. The van der Waals surface area contributed by atoms with Gasteiger partial charge in [0.2, 0.25) is 0 Å². The topological polar surface area (TPSA) is 76.6 Å². The summed E-state index contributed by atoms with van der Waals surface area (Å²) < 4.78 is 0. The molecule has 2 N–H and O–H groups in total. The van der Waals surface area contributed by atoms with Gasteiger partial charge >= 0.3 is 0 Å². The summed E-state index contributed by atoms with van der Waals surface area (Å²) in [6.45, 7) is 11.6. The SMILES string of the molecule is CCC1C[C@H](C)C(C(C)N(C)C(=O)c2cc(Cl)c[nH]c2=O)CC2(C)CCCN(CC3CC3)C1Cc1ccc(O)cc12. The highest BCUT2D eigenvalue weighted by atomic mass is 35.5. The van der Waals surface area contributed by atoms with Crippen molar-refractivity contribution in [2.45, 2.75) is 96.6 Å². The molecule has 2 heterocycles. The van der Waals surface area contributed by atoms with Crippen LogP contribution in [0, 0.1) is 23.7 Å². The van der Waals surface area contributed by atoms with Crippen LogP contribution in [0.4, 0.5) is 0 Å². The standard InChI is InChI=1S/C34H48ClN3O3/c1-6-24-14-21(2)29(22(3)37(5)33(41)28-16-26(35)19-36-32(28)40)18-34(4)12-7-13-38(20-23-8-9-23)31(24)15-25-10-11-27(39)17-30(25)34/h10-11,16-17,19,21-24,29,31,39H,6-9,12-15,18,20H2,1-5H3,(H,36,40)/t21-,22?,24?,29?,31?,34?/m0/s1. The lowest BCUT2D eigenvalue weighted by Gasteiger charge is -2.45. The molecule has 1 fully saturated rings. The number of pyridine rings is 1. The fourth-order valence-corrected chi connectivity index (χ4v) is 8.22. The second-order valence-electron chi connectivity index (χ2n) is 13.7. The highest BCUT2D eigenvalue weighted by Crippen LogP contribution is 2.47. The minimum Gasteiger partial charge on any atom is -0.508 e. The number of nitrogens with zero attached hydrogens (tertiary/aromatic N) is 2. The van der Waals surface area contributed by atoms with Gasteiger partial charge < -0.3 is 15.0 Å². The molecule has 6 nitrogen and oxygen atoms in total. The van der Waals surface area contributed by atoms with Crippen LogP contribution >= 0.6 is 11.6 Å². The molecule has 2 aromatic rings. The van der Waals surface area contributed by atoms with Crippen molar-refractivity contribution in [3.63, 3.8) is 0 Å². The van der Waals surface area contributed by atoms with Crippen LogP contribution in [-0.4, -0.2) is 58.0 Å². The van der Waals surface area contributed by atoms with E-state index >= 15 is 0 Å². The zero-order valence-corrected chi connectivity index (χ0v) is 26.2. The fourth-order valence-electron chi connectivity index (χ4n) is 8.06. The molecule has 0 spiro atoms. The van der Waals surface area contributed by atoms with E-state index in [1.165, 1.54) is 42.8 Å². The van der Waals surface area contributed by atoms with Crippen molar-refractivity contribution >= 4 is 17.5 Å². The van der Waals surface area contributed by atoms with Gasteiger partial charge in [-0.15, -0.1) is 0 Å². The third kappa shape index (κ3) is 6.39. The van der Waals surface area contributed by atoms with Gasteiger partial charge in [-0.3, -0.25) is 14.5 Å². The van der Waals surface area contributed by atoms with E-state index in [0.717, 1.165) is 51.0 Å². The lowest BCUT2D eigenvalue weighted by Crippen LogP contribution is -2.47. The van der Waals surface area contributed by atoms with Crippen molar-refractivity contribution in [2.75, 3.05) is 20.1 Å². The fraction of sp³-hybridized carbons (Fsp3) is 0.647. The van der Waals surface area contributed by atoms with Gasteiger partial charge in [0.1, 0.15) is 11.3 Å². The molecule has 41 heavy (non-hydrogen) atoms. The highest BCUT2D eigenvalue weighted by Gasteiger charge is 2.43. The summed E-state index contributed by atoms with van der Waals surface area (Å²) in [5.74, 6) is 2.00. The number of fused-ring (bicyclic) bond motifs is 1. The summed E-state index contributed by atoms with van der Waals surface area (Å²) >= 11 is 6.16. The maximum atomic E-state index is 13.7. The summed E-state index contributed by atoms with van der Waals surface area (Å²) in [6.07, 6.45) is 10.5. The number of hydrogen-bond acceptors (Lipinski definition) is 4. The lowest BCUT2D eigenvalue weighted by molar-refractivity contribution is 0.0562. The van der Waals surface area contributed by atoms with Crippen LogP contribution in [0.25, 0.3) is 0 Å². The molecule has 1 amide bonds. The van der Waals surface area contributed by atoms with Crippen molar-refractivity contribution < 1.29 is 9.90 Å². The molecule has 0 radical (unpaired) electrons. The van der Waals surface area contributed by atoms with Gasteiger partial charge in [-0.05, 0) is 117 Å². The average molecular weight is 582 g/mol. The van der Waals surface area contributed by atoms with Crippen LogP contribution in [0.2, 0.25) is 5.02 Å². The molecule has 0 saturated heterocycles. The predicted octanol–water partition coefficient (Wildman–Crippen LogP) is 6.64. The molecule has 224 valence electrons. The molecule has 1 aliphatic heterocycles. The minimum absolute atomic E-state index is 0.0810. The van der Waals surface area contributed by atoms with Gasteiger partial charge in [0.15, 0.2) is 0 Å². The van der Waals surface area contributed by atoms with Crippen molar-refractivity contribution in [1.82, 2.24) is 14.8 Å². The number of carbonyl (C=O) groups excluding carboxylic acids is 1. The number of amides is 1. The number of halogens is 1.